The minimum absolute atomic E-state index is 0.0685. The Morgan fingerprint density at radius 3 is 1.64 bits per heavy atom. The highest BCUT2D eigenvalue weighted by Gasteiger charge is 2.25. The van der Waals surface area contributed by atoms with E-state index in [0.717, 1.165) is 64.2 Å². The van der Waals surface area contributed by atoms with Crippen molar-refractivity contribution in [1.82, 2.24) is 19.5 Å². The van der Waals surface area contributed by atoms with Crippen LogP contribution in [-0.2, 0) is 24.9 Å². The summed E-state index contributed by atoms with van der Waals surface area (Å²) in [4.78, 5) is 12.6. The van der Waals surface area contributed by atoms with E-state index in [0.29, 0.717) is 43.3 Å². The molecular weight excluding hydrogens is 681 g/mol. The number of hydrogen-bond acceptors (Lipinski definition) is 8. The van der Waals surface area contributed by atoms with Gasteiger partial charge in [0.05, 0.1) is 26.1 Å². The summed E-state index contributed by atoms with van der Waals surface area (Å²) in [6.07, 6.45) is 48.2. The van der Waals surface area contributed by atoms with Crippen LogP contribution in [0, 0.1) is 0 Å². The molecule has 2 heterocycles. The Hall–Kier alpha value is -2.58. The Morgan fingerprint density at radius 2 is 1.09 bits per heavy atom. The van der Waals surface area contributed by atoms with Crippen molar-refractivity contribution in [3.63, 3.8) is 0 Å². The molecule has 53 heavy (non-hydrogen) atoms. The maximum atomic E-state index is 13.7. The van der Waals surface area contributed by atoms with E-state index in [4.69, 9.17) is 19.5 Å². The molecule has 2 aromatic heterocycles. The zero-order chi connectivity index (χ0) is 37.9. The molecule has 0 saturated heterocycles. The summed E-state index contributed by atoms with van der Waals surface area (Å²) in [5.41, 5.74) is 7.13. The highest BCUT2D eigenvalue weighted by Crippen LogP contribution is 2.48. The Morgan fingerprint density at radius 1 is 0.604 bits per heavy atom. The first-order chi connectivity index (χ1) is 26.1. The predicted octanol–water partition coefficient (Wildman–Crippen LogP) is 12.8. The average Bonchev–Trinajstić information content (AvgIpc) is 3.58. The first-order valence-corrected chi connectivity index (χ1v) is 22.8. The van der Waals surface area contributed by atoms with E-state index >= 15 is 0 Å². The summed E-state index contributed by atoms with van der Waals surface area (Å²) in [5, 5.41) is 0. The molecule has 9 nitrogen and oxygen atoms in total. The van der Waals surface area contributed by atoms with Gasteiger partial charge in [-0.1, -0.05) is 140 Å². The van der Waals surface area contributed by atoms with Crippen LogP contribution in [0.15, 0.2) is 61.3 Å². The average molecular weight is 756 g/mol. The highest BCUT2D eigenvalue weighted by molar-refractivity contribution is 7.53. The van der Waals surface area contributed by atoms with Crippen molar-refractivity contribution in [2.45, 2.75) is 168 Å². The van der Waals surface area contributed by atoms with Crippen LogP contribution < -0.4 is 5.73 Å². The van der Waals surface area contributed by atoms with Crippen molar-refractivity contribution >= 4 is 24.6 Å². The lowest BCUT2D eigenvalue weighted by atomic mass is 10.1. The molecule has 0 aliphatic rings. The van der Waals surface area contributed by atoms with E-state index in [9.17, 15) is 4.57 Å². The number of nitrogen functional groups attached to an aromatic ring is 1. The number of unbranched alkanes of at least 4 members (excludes halogenated alkanes) is 17. The molecule has 0 aliphatic carbocycles. The van der Waals surface area contributed by atoms with Crippen molar-refractivity contribution in [3.05, 3.63) is 61.3 Å². The van der Waals surface area contributed by atoms with Crippen LogP contribution in [0.1, 0.15) is 162 Å². The van der Waals surface area contributed by atoms with E-state index in [1.807, 2.05) is 4.57 Å². The lowest BCUT2D eigenvalue weighted by Gasteiger charge is -2.19. The van der Waals surface area contributed by atoms with Gasteiger partial charge in [0.25, 0.3) is 0 Å². The lowest BCUT2D eigenvalue weighted by molar-refractivity contribution is 0.121. The minimum atomic E-state index is -3.38. The fourth-order valence-corrected chi connectivity index (χ4v) is 7.30. The molecule has 2 rings (SSSR count). The molecule has 0 amide bonds. The maximum absolute atomic E-state index is 13.7. The van der Waals surface area contributed by atoms with Gasteiger partial charge in [-0.2, -0.15) is 0 Å². The fourth-order valence-electron chi connectivity index (χ4n) is 5.91. The number of rotatable bonds is 36. The topological polar surface area (TPSA) is 114 Å². The normalized spacial score (nSPS) is 13.5. The molecule has 0 spiro atoms. The van der Waals surface area contributed by atoms with Gasteiger partial charge in [0.1, 0.15) is 18.2 Å². The van der Waals surface area contributed by atoms with Crippen molar-refractivity contribution in [2.24, 2.45) is 0 Å². The first-order valence-electron chi connectivity index (χ1n) is 21.1. The quantitative estimate of drug-likeness (QED) is 0.0415. The van der Waals surface area contributed by atoms with E-state index in [1.54, 1.807) is 6.33 Å². The summed E-state index contributed by atoms with van der Waals surface area (Å²) in [5.74, 6) is 0.346. The summed E-state index contributed by atoms with van der Waals surface area (Å²) < 4.78 is 33.3. The molecule has 0 bridgehead atoms. The minimum Gasteiger partial charge on any atom is -0.382 e. The van der Waals surface area contributed by atoms with Crippen molar-refractivity contribution < 1.29 is 18.3 Å². The predicted molar refractivity (Wildman–Crippen MR) is 224 cm³/mol. The van der Waals surface area contributed by atoms with Gasteiger partial charge < -0.3 is 24.1 Å². The molecule has 1 unspecified atom stereocenters. The zero-order valence-electron chi connectivity index (χ0n) is 33.5. The molecule has 0 saturated carbocycles. The van der Waals surface area contributed by atoms with Gasteiger partial charge in [-0.05, 0) is 70.6 Å². The van der Waals surface area contributed by atoms with Crippen LogP contribution in [0.4, 0.5) is 5.82 Å². The number of fused-ring (bicyclic) bond motifs is 1. The number of hydrogen-bond donors (Lipinski definition) is 1. The van der Waals surface area contributed by atoms with E-state index < -0.39 is 7.60 Å². The Balaban J connectivity index is 1.61. The number of nitrogens with zero attached hydrogens (tertiary/aromatic N) is 4. The number of allylic oxidation sites excluding steroid dienone is 8. The smallest absolute Gasteiger partial charge is 0.356 e. The molecule has 0 fully saturated rings. The molecule has 2 aromatic rings. The van der Waals surface area contributed by atoms with Crippen molar-refractivity contribution in [1.29, 1.82) is 0 Å². The van der Waals surface area contributed by atoms with Gasteiger partial charge in [0.15, 0.2) is 11.5 Å². The molecule has 0 aromatic carbocycles. The van der Waals surface area contributed by atoms with Crippen LogP contribution in [-0.4, -0.2) is 45.7 Å². The van der Waals surface area contributed by atoms with Crippen molar-refractivity contribution in [3.8, 4) is 0 Å². The number of imidazole rings is 1. The number of ether oxygens (including phenoxy) is 1. The summed E-state index contributed by atoms with van der Waals surface area (Å²) in [7, 11) is -3.38. The van der Waals surface area contributed by atoms with Crippen LogP contribution in [0.3, 0.4) is 0 Å². The van der Waals surface area contributed by atoms with Crippen LogP contribution in [0.5, 0.6) is 0 Å². The molecule has 0 radical (unpaired) electrons. The van der Waals surface area contributed by atoms with Gasteiger partial charge in [0, 0.05) is 6.54 Å². The number of nitrogens with two attached hydrogens (primary N) is 1. The summed E-state index contributed by atoms with van der Waals surface area (Å²) in [6.45, 7) is 6.13. The van der Waals surface area contributed by atoms with Gasteiger partial charge in [-0.15, -0.1) is 0 Å². The fraction of sp³-hybridized carbons (Fsp3) is 0.698. The zero-order valence-corrected chi connectivity index (χ0v) is 34.4. The molecule has 10 heteroatoms. The Bertz CT molecular complexity index is 1320. The third-order valence-electron chi connectivity index (χ3n) is 9.17. The van der Waals surface area contributed by atoms with Gasteiger partial charge in [0.2, 0.25) is 0 Å². The second kappa shape index (κ2) is 32.8. The van der Waals surface area contributed by atoms with Crippen molar-refractivity contribution in [2.75, 3.05) is 31.9 Å². The third-order valence-corrected chi connectivity index (χ3v) is 10.8. The molecule has 300 valence electrons. The van der Waals surface area contributed by atoms with E-state index in [2.05, 4.69) is 77.4 Å². The van der Waals surface area contributed by atoms with Gasteiger partial charge in [-0.25, -0.2) is 15.0 Å². The maximum Gasteiger partial charge on any atom is 0.356 e. The number of aromatic nitrogens is 4. The first kappa shape index (κ1) is 46.6. The van der Waals surface area contributed by atoms with Gasteiger partial charge >= 0.3 is 7.60 Å². The Kier molecular flexibility index (Phi) is 28.8. The number of anilines is 1. The monoisotopic (exact) mass is 756 g/mol. The van der Waals surface area contributed by atoms with E-state index in [1.165, 1.54) is 89.8 Å². The third kappa shape index (κ3) is 24.4. The molecular formula is C43H74N5O4P. The Labute approximate surface area is 322 Å². The SMILES string of the molecule is CCCC/C=C\C/C=C\CCCCCCCCOP(=O)(COCCn1cnc2c(N)ncnc21)OCCCCCCCC/C=C\C/C=C\CCCCC. The van der Waals surface area contributed by atoms with Crippen LogP contribution >= 0.6 is 7.60 Å². The highest BCUT2D eigenvalue weighted by atomic mass is 31.2. The summed E-state index contributed by atoms with van der Waals surface area (Å²) in [6, 6.07) is 0. The second-order valence-electron chi connectivity index (χ2n) is 14.0. The standard InChI is InChI=1S/C43H74N5O4P/c1-3-5-7-9-11-13-15-17-19-21-23-25-27-29-31-33-36-52-53(49,40-50-37-34-48-39-47-41-42(44)45-38-46-43(41)48)51-35-32-30-28-26-24-22-20-18-16-14-12-10-8-6-4-2/h10-13,16-19,38-39H,3-9,14-15,20-37,40H2,1-2H3,(H2,44,45,46)/b12-10-,13-11-,18-16-,19-17-. The second-order valence-corrected chi connectivity index (χ2v) is 16.0. The lowest BCUT2D eigenvalue weighted by Crippen LogP contribution is -2.10. The van der Waals surface area contributed by atoms with Gasteiger partial charge in [-0.3, -0.25) is 4.57 Å². The largest absolute Gasteiger partial charge is 0.382 e. The van der Waals surface area contributed by atoms with Crippen LogP contribution in [0.25, 0.3) is 11.2 Å². The van der Waals surface area contributed by atoms with E-state index in [-0.39, 0.29) is 6.35 Å². The molecule has 0 aliphatic heterocycles. The van der Waals surface area contributed by atoms with Crippen LogP contribution in [0.2, 0.25) is 0 Å². The summed E-state index contributed by atoms with van der Waals surface area (Å²) >= 11 is 0. The molecule has 1 atom stereocenters. The molecule has 2 N–H and O–H groups in total.